The van der Waals surface area contributed by atoms with E-state index in [0.717, 1.165) is 37.9 Å². The Morgan fingerprint density at radius 2 is 1.80 bits per heavy atom. The van der Waals surface area contributed by atoms with E-state index in [4.69, 9.17) is 17.3 Å². The highest BCUT2D eigenvalue weighted by atomic mass is 35.5. The lowest BCUT2D eigenvalue weighted by atomic mass is 10.1. The smallest absolute Gasteiger partial charge is 0.343 e. The maximum absolute atomic E-state index is 13.4. The molecule has 0 radical (unpaired) electrons. The number of nitrogens with two attached hydrogens (primary N) is 1. The van der Waals surface area contributed by atoms with Gasteiger partial charge in [0, 0.05) is 36.4 Å². The van der Waals surface area contributed by atoms with Crippen LogP contribution in [-0.4, -0.2) is 41.2 Å². The number of hydrogen-bond acceptors (Lipinski definition) is 5. The summed E-state index contributed by atoms with van der Waals surface area (Å²) >= 11 is 6.03. The van der Waals surface area contributed by atoms with Crippen LogP contribution in [0.3, 0.4) is 0 Å². The normalized spacial score (nSPS) is 13.5. The second-order valence-electron chi connectivity index (χ2n) is 8.51. The third kappa shape index (κ3) is 5.49. The Hall–Kier alpha value is -3.78. The van der Waals surface area contributed by atoms with Crippen molar-refractivity contribution < 1.29 is 14.7 Å². The Bertz CT molecular complexity index is 1310. The van der Waals surface area contributed by atoms with E-state index in [0.29, 0.717) is 34.9 Å². The molecule has 3 aromatic rings. The molecule has 35 heavy (non-hydrogen) atoms. The molecule has 2 aromatic carbocycles. The van der Waals surface area contributed by atoms with Crippen LogP contribution in [0.15, 0.2) is 59.5 Å². The van der Waals surface area contributed by atoms with Gasteiger partial charge in [-0.1, -0.05) is 23.7 Å². The number of rotatable bonds is 8. The van der Waals surface area contributed by atoms with Crippen molar-refractivity contribution in [2.45, 2.75) is 25.7 Å². The lowest BCUT2D eigenvalue weighted by Gasteiger charge is -2.31. The molecule has 0 aliphatic carbocycles. The van der Waals surface area contributed by atoms with Crippen LogP contribution in [0.1, 0.15) is 45.5 Å². The molecule has 1 saturated heterocycles. The summed E-state index contributed by atoms with van der Waals surface area (Å²) < 4.78 is 1.32. The van der Waals surface area contributed by atoms with E-state index >= 15 is 0 Å². The molecule has 0 bridgehead atoms. The van der Waals surface area contributed by atoms with Gasteiger partial charge in [0.25, 0.3) is 5.56 Å². The van der Waals surface area contributed by atoms with Crippen molar-refractivity contribution in [1.82, 2.24) is 4.57 Å². The zero-order valence-corrected chi connectivity index (χ0v) is 19.9. The Balaban J connectivity index is 1.69. The van der Waals surface area contributed by atoms with Crippen molar-refractivity contribution in [1.29, 1.82) is 0 Å². The van der Waals surface area contributed by atoms with E-state index in [2.05, 4.69) is 10.2 Å². The summed E-state index contributed by atoms with van der Waals surface area (Å²) in [6, 6.07) is 13.9. The number of aromatic nitrogens is 1. The van der Waals surface area contributed by atoms with Crippen LogP contribution in [0, 0.1) is 0 Å². The van der Waals surface area contributed by atoms with E-state index in [9.17, 15) is 19.5 Å². The maximum Gasteiger partial charge on any atom is 0.343 e. The van der Waals surface area contributed by atoms with E-state index < -0.39 is 17.4 Å². The molecule has 1 amide bonds. The van der Waals surface area contributed by atoms with Crippen LogP contribution >= 0.6 is 11.6 Å². The van der Waals surface area contributed by atoms with Gasteiger partial charge in [-0.2, -0.15) is 0 Å². The van der Waals surface area contributed by atoms with Gasteiger partial charge in [0.1, 0.15) is 5.56 Å². The Kier molecular flexibility index (Phi) is 7.41. The molecule has 182 valence electrons. The van der Waals surface area contributed by atoms with Crippen LogP contribution in [0.2, 0.25) is 5.02 Å². The summed E-state index contributed by atoms with van der Waals surface area (Å²) in [7, 11) is 0. The van der Waals surface area contributed by atoms with Gasteiger partial charge < -0.3 is 21.1 Å². The Morgan fingerprint density at radius 1 is 1.03 bits per heavy atom. The zero-order valence-electron chi connectivity index (χ0n) is 19.2. The van der Waals surface area contributed by atoms with Gasteiger partial charge >= 0.3 is 5.97 Å². The van der Waals surface area contributed by atoms with E-state index in [1.165, 1.54) is 4.57 Å². The molecule has 1 aliphatic rings. The fourth-order valence-electron chi connectivity index (χ4n) is 4.38. The number of halogens is 1. The fraction of sp³-hybridized carbons (Fsp3) is 0.269. The number of hydrogen-bond donors (Lipinski definition) is 3. The van der Waals surface area contributed by atoms with Gasteiger partial charge in [-0.3, -0.25) is 14.2 Å². The van der Waals surface area contributed by atoms with Gasteiger partial charge in [0.2, 0.25) is 5.91 Å². The second-order valence-corrected chi connectivity index (χ2v) is 8.94. The average molecular weight is 495 g/mol. The van der Waals surface area contributed by atoms with Crippen LogP contribution in [0.5, 0.6) is 0 Å². The quantitative estimate of drug-likeness (QED) is 0.436. The lowest BCUT2D eigenvalue weighted by Crippen LogP contribution is -2.33. The first-order valence-electron chi connectivity index (χ1n) is 11.5. The van der Waals surface area contributed by atoms with Crippen molar-refractivity contribution in [3.63, 3.8) is 0 Å². The molecule has 0 atom stereocenters. The number of pyridine rings is 1. The van der Waals surface area contributed by atoms with Gasteiger partial charge in [-0.25, -0.2) is 4.79 Å². The highest BCUT2D eigenvalue weighted by Crippen LogP contribution is 2.29. The monoisotopic (exact) mass is 494 g/mol. The third-order valence-electron chi connectivity index (χ3n) is 6.14. The molecular weight excluding hydrogens is 468 g/mol. The zero-order chi connectivity index (χ0) is 24.9. The summed E-state index contributed by atoms with van der Waals surface area (Å²) in [5, 5.41) is 13.6. The highest BCUT2D eigenvalue weighted by molar-refractivity contribution is 6.30. The molecule has 4 rings (SSSR count). The third-order valence-corrected chi connectivity index (χ3v) is 6.38. The molecule has 1 fully saturated rings. The number of aromatic carboxylic acids is 1. The standard InChI is InChI=1S/C26H27ClN4O4/c27-19-6-4-5-17(15-19)9-11-29-20-10-14-31(25(33)23(20)26(34)35)21-8-7-18(24(28)32)16-22(21)30-12-2-1-3-13-30/h4-8,10,14-16,29H,1-3,9,11-13H2,(H2,28,32)(H,34,35). The number of amides is 1. The summed E-state index contributed by atoms with van der Waals surface area (Å²) in [4.78, 5) is 39.4. The van der Waals surface area contributed by atoms with E-state index in [-0.39, 0.29) is 11.3 Å². The highest BCUT2D eigenvalue weighted by Gasteiger charge is 2.22. The minimum absolute atomic E-state index is 0.244. The molecule has 8 nitrogen and oxygen atoms in total. The van der Waals surface area contributed by atoms with Gasteiger partial charge in [0.15, 0.2) is 0 Å². The Morgan fingerprint density at radius 3 is 2.49 bits per heavy atom. The average Bonchev–Trinajstić information content (AvgIpc) is 2.84. The molecule has 0 saturated carbocycles. The lowest BCUT2D eigenvalue weighted by molar-refractivity contribution is 0.0695. The molecule has 1 aromatic heterocycles. The number of carbonyl (C=O) groups is 2. The first kappa shape index (κ1) is 24.3. The largest absolute Gasteiger partial charge is 0.477 e. The van der Waals surface area contributed by atoms with E-state index in [1.54, 1.807) is 36.5 Å². The van der Waals surface area contributed by atoms with Crippen LogP contribution < -0.4 is 21.5 Å². The van der Waals surface area contributed by atoms with Gasteiger partial charge in [0.05, 0.1) is 17.1 Å². The SMILES string of the molecule is NC(=O)c1ccc(-n2ccc(NCCc3cccc(Cl)c3)c(C(=O)O)c2=O)c(N2CCCCC2)c1. The maximum atomic E-state index is 13.4. The van der Waals surface area contributed by atoms with Crippen LogP contribution in [-0.2, 0) is 6.42 Å². The van der Waals surface area contributed by atoms with E-state index in [1.807, 2.05) is 18.2 Å². The van der Waals surface area contributed by atoms with Crippen molar-refractivity contribution in [3.05, 3.63) is 86.8 Å². The number of benzene rings is 2. The topological polar surface area (TPSA) is 118 Å². The minimum Gasteiger partial charge on any atom is -0.477 e. The number of nitrogens with zero attached hydrogens (tertiary/aromatic N) is 2. The molecule has 1 aliphatic heterocycles. The van der Waals surface area contributed by atoms with Gasteiger partial charge in [-0.05, 0) is 67.6 Å². The molecule has 4 N–H and O–H groups in total. The number of carbonyl (C=O) groups excluding carboxylic acids is 1. The summed E-state index contributed by atoms with van der Waals surface area (Å²) in [5.74, 6) is -1.88. The predicted molar refractivity (Wildman–Crippen MR) is 137 cm³/mol. The van der Waals surface area contributed by atoms with Crippen molar-refractivity contribution in [2.75, 3.05) is 29.9 Å². The van der Waals surface area contributed by atoms with Crippen molar-refractivity contribution in [2.24, 2.45) is 5.73 Å². The minimum atomic E-state index is -1.32. The Labute approximate surface area is 207 Å². The van der Waals surface area contributed by atoms with Crippen LogP contribution in [0.25, 0.3) is 5.69 Å². The first-order valence-corrected chi connectivity index (χ1v) is 11.9. The number of carboxylic acids is 1. The molecule has 2 heterocycles. The molecule has 0 spiro atoms. The molecule has 0 unspecified atom stereocenters. The summed E-state index contributed by atoms with van der Waals surface area (Å²) in [5.41, 5.74) is 7.25. The number of primary amides is 1. The van der Waals surface area contributed by atoms with Crippen molar-refractivity contribution >= 4 is 34.9 Å². The second kappa shape index (κ2) is 10.7. The fourth-order valence-corrected chi connectivity index (χ4v) is 4.59. The van der Waals surface area contributed by atoms with Gasteiger partial charge in [-0.15, -0.1) is 0 Å². The number of anilines is 2. The molecule has 9 heteroatoms. The number of piperidine rings is 1. The molecular formula is C26H27ClN4O4. The number of carboxylic acid groups (broad SMARTS) is 1. The summed E-state index contributed by atoms with van der Waals surface area (Å²) in [6.07, 6.45) is 5.26. The first-order chi connectivity index (χ1) is 16.8. The predicted octanol–water partition coefficient (Wildman–Crippen LogP) is 3.93. The summed E-state index contributed by atoms with van der Waals surface area (Å²) in [6.45, 7) is 1.98. The van der Waals surface area contributed by atoms with Crippen LogP contribution in [0.4, 0.5) is 11.4 Å². The van der Waals surface area contributed by atoms with Crippen molar-refractivity contribution in [3.8, 4) is 5.69 Å². The number of nitrogens with one attached hydrogen (secondary N) is 1.